The van der Waals surface area contributed by atoms with E-state index in [1.54, 1.807) is 4.68 Å². The standard InChI is InChI=1S/C14H24N4O3/c1-14(2,3)8-11(7-12(19)20)18-13(15-16-17-18)10-5-4-6-21-9-10/h10-11H,4-9H2,1-3H3,(H,19,20). The molecule has 1 aliphatic rings. The highest BCUT2D eigenvalue weighted by Crippen LogP contribution is 2.32. The molecule has 21 heavy (non-hydrogen) atoms. The van der Waals surface area contributed by atoms with Crippen molar-refractivity contribution in [3.8, 4) is 0 Å². The minimum atomic E-state index is -0.828. The monoisotopic (exact) mass is 296 g/mol. The molecule has 0 radical (unpaired) electrons. The smallest absolute Gasteiger partial charge is 0.305 e. The summed E-state index contributed by atoms with van der Waals surface area (Å²) in [6.45, 7) is 7.66. The van der Waals surface area contributed by atoms with Gasteiger partial charge in [0.1, 0.15) is 0 Å². The predicted octanol–water partition coefficient (Wildman–Crippen LogP) is 2.02. The number of hydrogen-bond acceptors (Lipinski definition) is 5. The van der Waals surface area contributed by atoms with E-state index in [0.29, 0.717) is 13.0 Å². The summed E-state index contributed by atoms with van der Waals surface area (Å²) in [5.41, 5.74) is 0.00635. The molecule has 0 saturated carbocycles. The van der Waals surface area contributed by atoms with Crippen molar-refractivity contribution in [3.05, 3.63) is 5.82 Å². The Morgan fingerprint density at radius 1 is 1.52 bits per heavy atom. The lowest BCUT2D eigenvalue weighted by molar-refractivity contribution is -0.138. The molecule has 7 heteroatoms. The first-order chi connectivity index (χ1) is 9.87. The van der Waals surface area contributed by atoms with Gasteiger partial charge in [-0.25, -0.2) is 4.68 Å². The molecular formula is C14H24N4O3. The Kier molecular flexibility index (Phi) is 4.92. The van der Waals surface area contributed by atoms with Crippen LogP contribution in [0.3, 0.4) is 0 Å². The minimum Gasteiger partial charge on any atom is -0.481 e. The average molecular weight is 296 g/mol. The molecule has 0 aromatic carbocycles. The van der Waals surface area contributed by atoms with Crippen LogP contribution in [-0.2, 0) is 9.53 Å². The van der Waals surface area contributed by atoms with Crippen molar-refractivity contribution < 1.29 is 14.6 Å². The molecule has 0 bridgehead atoms. The molecule has 0 spiro atoms. The normalized spacial score (nSPS) is 21.2. The van der Waals surface area contributed by atoms with Gasteiger partial charge in [-0.2, -0.15) is 0 Å². The molecule has 2 unspecified atom stereocenters. The number of ether oxygens (including phenoxy) is 1. The highest BCUT2D eigenvalue weighted by molar-refractivity contribution is 5.67. The van der Waals surface area contributed by atoms with Crippen LogP contribution >= 0.6 is 0 Å². The number of aromatic nitrogens is 4. The SMILES string of the molecule is CC(C)(C)CC(CC(=O)O)n1nnnc1C1CCCOC1. The summed E-state index contributed by atoms with van der Waals surface area (Å²) in [7, 11) is 0. The summed E-state index contributed by atoms with van der Waals surface area (Å²) < 4.78 is 7.20. The second-order valence-electron chi connectivity index (χ2n) is 6.91. The second-order valence-corrected chi connectivity index (χ2v) is 6.91. The summed E-state index contributed by atoms with van der Waals surface area (Å²) in [6.07, 6.45) is 2.71. The van der Waals surface area contributed by atoms with Crippen LogP contribution in [0.4, 0.5) is 0 Å². The quantitative estimate of drug-likeness (QED) is 0.894. The molecule has 1 N–H and O–H groups in total. The van der Waals surface area contributed by atoms with Gasteiger partial charge in [-0.3, -0.25) is 4.79 Å². The number of carboxylic acid groups (broad SMARTS) is 1. The van der Waals surface area contributed by atoms with E-state index in [4.69, 9.17) is 4.74 Å². The van der Waals surface area contributed by atoms with Crippen LogP contribution in [0.5, 0.6) is 0 Å². The van der Waals surface area contributed by atoms with Gasteiger partial charge in [-0.05, 0) is 35.1 Å². The largest absolute Gasteiger partial charge is 0.481 e. The third-order valence-electron chi connectivity index (χ3n) is 3.65. The molecular weight excluding hydrogens is 272 g/mol. The Balaban J connectivity index is 2.23. The van der Waals surface area contributed by atoms with E-state index in [9.17, 15) is 9.90 Å². The highest BCUT2D eigenvalue weighted by atomic mass is 16.5. The van der Waals surface area contributed by atoms with E-state index in [2.05, 4.69) is 36.3 Å². The van der Waals surface area contributed by atoms with Crippen LogP contribution in [0.2, 0.25) is 0 Å². The first-order valence-electron chi connectivity index (χ1n) is 7.44. The molecule has 0 amide bonds. The van der Waals surface area contributed by atoms with E-state index in [1.807, 2.05) is 0 Å². The van der Waals surface area contributed by atoms with Crippen LogP contribution < -0.4 is 0 Å². The lowest BCUT2D eigenvalue weighted by Gasteiger charge is -2.27. The molecule has 2 heterocycles. The maximum atomic E-state index is 11.2. The number of rotatable bonds is 5. The van der Waals surface area contributed by atoms with E-state index in [0.717, 1.165) is 25.3 Å². The molecule has 2 atom stereocenters. The van der Waals surface area contributed by atoms with E-state index >= 15 is 0 Å². The number of carbonyl (C=O) groups is 1. The number of aliphatic carboxylic acids is 1. The van der Waals surface area contributed by atoms with Crippen molar-refractivity contribution in [2.45, 2.75) is 58.4 Å². The van der Waals surface area contributed by atoms with Gasteiger partial charge in [0.05, 0.1) is 19.1 Å². The van der Waals surface area contributed by atoms with Crippen molar-refractivity contribution in [1.82, 2.24) is 20.2 Å². The van der Waals surface area contributed by atoms with Gasteiger partial charge in [-0.15, -0.1) is 5.10 Å². The van der Waals surface area contributed by atoms with E-state index in [1.165, 1.54) is 0 Å². The molecule has 0 aliphatic carbocycles. The topological polar surface area (TPSA) is 90.1 Å². The van der Waals surface area contributed by atoms with Crippen LogP contribution in [0.15, 0.2) is 0 Å². The summed E-state index contributed by atoms with van der Waals surface area (Å²) in [4.78, 5) is 11.2. The fourth-order valence-electron chi connectivity index (χ4n) is 2.83. The van der Waals surface area contributed by atoms with Crippen molar-refractivity contribution in [1.29, 1.82) is 0 Å². The Labute approximate surface area is 124 Å². The van der Waals surface area contributed by atoms with Gasteiger partial charge in [-0.1, -0.05) is 20.8 Å². The van der Waals surface area contributed by atoms with E-state index in [-0.39, 0.29) is 23.8 Å². The fourth-order valence-corrected chi connectivity index (χ4v) is 2.83. The Hall–Kier alpha value is -1.50. The van der Waals surface area contributed by atoms with Gasteiger partial charge < -0.3 is 9.84 Å². The first-order valence-corrected chi connectivity index (χ1v) is 7.44. The van der Waals surface area contributed by atoms with Crippen LogP contribution in [-0.4, -0.2) is 44.5 Å². The Bertz CT molecular complexity index is 475. The fraction of sp³-hybridized carbons (Fsp3) is 0.857. The van der Waals surface area contributed by atoms with E-state index < -0.39 is 5.97 Å². The van der Waals surface area contributed by atoms with Gasteiger partial charge >= 0.3 is 5.97 Å². The summed E-state index contributed by atoms with van der Waals surface area (Å²) in [6, 6.07) is -0.227. The average Bonchev–Trinajstić information content (AvgIpc) is 2.86. The van der Waals surface area contributed by atoms with Crippen LogP contribution in [0, 0.1) is 5.41 Å². The predicted molar refractivity (Wildman–Crippen MR) is 76.0 cm³/mol. The number of hydrogen-bond donors (Lipinski definition) is 1. The minimum absolute atomic E-state index is 0.00635. The van der Waals surface area contributed by atoms with Crippen molar-refractivity contribution in [3.63, 3.8) is 0 Å². The van der Waals surface area contributed by atoms with Crippen molar-refractivity contribution in [2.75, 3.05) is 13.2 Å². The van der Waals surface area contributed by atoms with Gasteiger partial charge in [0.25, 0.3) is 0 Å². The number of nitrogens with zero attached hydrogens (tertiary/aromatic N) is 4. The molecule has 1 fully saturated rings. The summed E-state index contributed by atoms with van der Waals surface area (Å²) in [5, 5.41) is 21.1. The maximum absolute atomic E-state index is 11.2. The zero-order valence-electron chi connectivity index (χ0n) is 12.9. The Morgan fingerprint density at radius 3 is 2.86 bits per heavy atom. The first kappa shape index (κ1) is 15.9. The number of tetrazole rings is 1. The van der Waals surface area contributed by atoms with Crippen molar-refractivity contribution in [2.24, 2.45) is 5.41 Å². The van der Waals surface area contributed by atoms with Gasteiger partial charge in [0, 0.05) is 12.5 Å². The van der Waals surface area contributed by atoms with Crippen LogP contribution in [0.25, 0.3) is 0 Å². The second kappa shape index (κ2) is 6.51. The summed E-state index contributed by atoms with van der Waals surface area (Å²) >= 11 is 0. The summed E-state index contributed by atoms with van der Waals surface area (Å²) in [5.74, 6) is 0.0841. The van der Waals surface area contributed by atoms with Crippen molar-refractivity contribution >= 4 is 5.97 Å². The molecule has 1 aliphatic heterocycles. The lowest BCUT2D eigenvalue weighted by Crippen LogP contribution is -2.26. The zero-order chi connectivity index (χ0) is 15.5. The van der Waals surface area contributed by atoms with Crippen LogP contribution in [0.1, 0.15) is 64.2 Å². The highest BCUT2D eigenvalue weighted by Gasteiger charge is 2.29. The lowest BCUT2D eigenvalue weighted by atomic mass is 9.86. The third-order valence-corrected chi connectivity index (χ3v) is 3.65. The molecule has 118 valence electrons. The number of carboxylic acids is 1. The molecule has 7 nitrogen and oxygen atoms in total. The molecule has 1 aromatic rings. The molecule has 1 aromatic heterocycles. The van der Waals surface area contributed by atoms with Gasteiger partial charge in [0.15, 0.2) is 5.82 Å². The van der Waals surface area contributed by atoms with Gasteiger partial charge in [0.2, 0.25) is 0 Å². The molecule has 1 saturated heterocycles. The molecule has 2 rings (SSSR count). The maximum Gasteiger partial charge on any atom is 0.305 e. The third kappa shape index (κ3) is 4.49. The Morgan fingerprint density at radius 2 is 2.29 bits per heavy atom. The zero-order valence-corrected chi connectivity index (χ0v) is 12.9.